The number of nitro benzene ring substituents is 1. The predicted octanol–water partition coefficient (Wildman–Crippen LogP) is 2.48. The van der Waals surface area contributed by atoms with E-state index in [1.54, 1.807) is 42.5 Å². The molecule has 1 N–H and O–H groups in total. The fourth-order valence-corrected chi connectivity index (χ4v) is 4.90. The molecule has 3 rings (SSSR count). The Hall–Kier alpha value is -2.93. The zero-order valence-corrected chi connectivity index (χ0v) is 19.9. The number of hydrogen-bond donors (Lipinski definition) is 1. The highest BCUT2D eigenvalue weighted by Crippen LogP contribution is 2.20. The molecule has 0 spiro atoms. The second-order valence-electron chi connectivity index (χ2n) is 7.12. The summed E-state index contributed by atoms with van der Waals surface area (Å²) in [6.45, 7) is 1.49. The first-order chi connectivity index (χ1) is 15.8. The number of allylic oxidation sites excluding steroid dienone is 1. The van der Waals surface area contributed by atoms with Crippen LogP contribution < -0.4 is 5.43 Å². The van der Waals surface area contributed by atoms with E-state index in [1.165, 1.54) is 28.7 Å². The molecule has 174 valence electrons. The average Bonchev–Trinajstić information content (AvgIpc) is 2.79. The number of nitrogens with one attached hydrogen (secondary N) is 1. The topological polar surface area (TPSA) is 125 Å². The number of piperazine rings is 1. The van der Waals surface area contributed by atoms with Crippen molar-refractivity contribution in [1.82, 2.24) is 14.6 Å². The zero-order chi connectivity index (χ0) is 23.8. The van der Waals surface area contributed by atoms with Crippen molar-refractivity contribution in [3.05, 3.63) is 74.8 Å². The summed E-state index contributed by atoms with van der Waals surface area (Å²) < 4.78 is 27.7. The number of para-hydroxylation sites is 1. The minimum atomic E-state index is -3.57. The number of rotatable bonds is 8. The van der Waals surface area contributed by atoms with Crippen LogP contribution in [0.3, 0.4) is 0 Å². The summed E-state index contributed by atoms with van der Waals surface area (Å²) in [6.07, 6.45) is 4.35. The molecule has 0 saturated carbocycles. The van der Waals surface area contributed by atoms with Gasteiger partial charge in [0.05, 0.1) is 21.9 Å². The molecule has 0 unspecified atom stereocenters. The number of benzene rings is 2. The maximum atomic E-state index is 12.7. The summed E-state index contributed by atoms with van der Waals surface area (Å²) >= 11 is 3.29. The van der Waals surface area contributed by atoms with Gasteiger partial charge in [0.25, 0.3) is 11.6 Å². The zero-order valence-electron chi connectivity index (χ0n) is 17.5. The number of hydrazone groups is 1. The Morgan fingerprint density at radius 3 is 2.45 bits per heavy atom. The molecular formula is C21H22BrN5O5S. The molecule has 0 atom stereocenters. The molecule has 1 saturated heterocycles. The first-order valence-corrected chi connectivity index (χ1v) is 12.2. The van der Waals surface area contributed by atoms with Gasteiger partial charge in [-0.15, -0.1) is 0 Å². The van der Waals surface area contributed by atoms with E-state index in [4.69, 9.17) is 0 Å². The van der Waals surface area contributed by atoms with Gasteiger partial charge in [0.1, 0.15) is 0 Å². The van der Waals surface area contributed by atoms with Crippen LogP contribution in [0.4, 0.5) is 5.69 Å². The highest BCUT2D eigenvalue weighted by atomic mass is 79.9. The number of nitro groups is 1. The Morgan fingerprint density at radius 2 is 1.79 bits per heavy atom. The lowest BCUT2D eigenvalue weighted by Crippen LogP contribution is -2.50. The third-order valence-electron chi connectivity index (χ3n) is 4.91. The Kier molecular flexibility index (Phi) is 8.44. The van der Waals surface area contributed by atoms with Gasteiger partial charge in [-0.2, -0.15) is 9.41 Å². The lowest BCUT2D eigenvalue weighted by atomic mass is 10.2. The molecule has 1 amide bonds. The molecule has 0 aromatic heterocycles. The van der Waals surface area contributed by atoms with Crippen molar-refractivity contribution in [2.75, 3.05) is 32.7 Å². The van der Waals surface area contributed by atoms with E-state index in [-0.39, 0.29) is 36.1 Å². The van der Waals surface area contributed by atoms with Crippen molar-refractivity contribution >= 4 is 49.8 Å². The lowest BCUT2D eigenvalue weighted by molar-refractivity contribution is -0.385. The van der Waals surface area contributed by atoms with Crippen molar-refractivity contribution in [1.29, 1.82) is 0 Å². The molecule has 0 aliphatic carbocycles. The Bertz CT molecular complexity index is 1160. The van der Waals surface area contributed by atoms with Gasteiger partial charge in [0, 0.05) is 42.9 Å². The molecule has 1 aliphatic heterocycles. The quantitative estimate of drug-likeness (QED) is 0.314. The molecule has 1 fully saturated rings. The Morgan fingerprint density at radius 1 is 1.12 bits per heavy atom. The minimum absolute atomic E-state index is 0.0209. The first kappa shape index (κ1) is 24.7. The van der Waals surface area contributed by atoms with E-state index >= 15 is 0 Å². The molecule has 1 aliphatic rings. The van der Waals surface area contributed by atoms with Gasteiger partial charge in [-0.1, -0.05) is 28.1 Å². The molecule has 2 aromatic carbocycles. The fourth-order valence-electron chi connectivity index (χ4n) is 3.22. The van der Waals surface area contributed by atoms with Crippen LogP contribution in [0.15, 0.2) is 69.1 Å². The van der Waals surface area contributed by atoms with Crippen molar-refractivity contribution in [2.24, 2.45) is 5.10 Å². The highest BCUT2D eigenvalue weighted by Gasteiger charge is 2.28. The molecule has 1 heterocycles. The van der Waals surface area contributed by atoms with E-state index in [9.17, 15) is 23.3 Å². The van der Waals surface area contributed by atoms with Crippen molar-refractivity contribution in [2.45, 2.75) is 4.90 Å². The summed E-state index contributed by atoms with van der Waals surface area (Å²) in [5, 5.41) is 14.8. The van der Waals surface area contributed by atoms with Gasteiger partial charge in [-0.05, 0) is 42.5 Å². The van der Waals surface area contributed by atoms with E-state index < -0.39 is 14.9 Å². The number of halogens is 1. The molecular weight excluding hydrogens is 514 g/mol. The maximum absolute atomic E-state index is 12.7. The van der Waals surface area contributed by atoms with E-state index in [1.807, 2.05) is 4.90 Å². The molecule has 2 aromatic rings. The van der Waals surface area contributed by atoms with Crippen LogP contribution in [0, 0.1) is 10.1 Å². The van der Waals surface area contributed by atoms with Crippen LogP contribution >= 0.6 is 15.9 Å². The van der Waals surface area contributed by atoms with Gasteiger partial charge in [-0.3, -0.25) is 19.8 Å². The second-order valence-corrected chi connectivity index (χ2v) is 9.98. The van der Waals surface area contributed by atoms with Crippen LogP contribution in [-0.2, 0) is 14.8 Å². The molecule has 10 nitrogen and oxygen atoms in total. The van der Waals surface area contributed by atoms with Crippen molar-refractivity contribution in [3.8, 4) is 0 Å². The van der Waals surface area contributed by atoms with Gasteiger partial charge in [-0.25, -0.2) is 13.8 Å². The van der Waals surface area contributed by atoms with Crippen LogP contribution in [0.5, 0.6) is 0 Å². The van der Waals surface area contributed by atoms with Crippen molar-refractivity contribution in [3.63, 3.8) is 0 Å². The first-order valence-electron chi connectivity index (χ1n) is 9.97. The van der Waals surface area contributed by atoms with Gasteiger partial charge in [0.2, 0.25) is 10.0 Å². The van der Waals surface area contributed by atoms with E-state index in [0.717, 1.165) is 4.47 Å². The summed E-state index contributed by atoms with van der Waals surface area (Å²) in [5.41, 5.74) is 2.80. The number of sulfonamides is 1. The average molecular weight is 536 g/mol. The number of hydrogen-bond acceptors (Lipinski definition) is 7. The van der Waals surface area contributed by atoms with Crippen LogP contribution in [0.25, 0.3) is 6.08 Å². The number of amides is 1. The predicted molar refractivity (Wildman–Crippen MR) is 128 cm³/mol. The smallest absolute Gasteiger partial charge is 0.276 e. The Balaban J connectivity index is 1.45. The monoisotopic (exact) mass is 535 g/mol. The summed E-state index contributed by atoms with van der Waals surface area (Å²) in [7, 11) is -3.57. The molecule has 33 heavy (non-hydrogen) atoms. The summed E-state index contributed by atoms with van der Waals surface area (Å²) in [4.78, 5) is 24.7. The second kappa shape index (κ2) is 11.3. The minimum Gasteiger partial charge on any atom is -0.292 e. The summed E-state index contributed by atoms with van der Waals surface area (Å²) in [6, 6.07) is 12.8. The SMILES string of the molecule is O=C(CN1CCN(S(=O)(=O)c2ccc(Br)cc2)CC1)N/N=C/C=C/c1ccccc1[N+](=O)[O-]. The largest absolute Gasteiger partial charge is 0.292 e. The molecule has 0 radical (unpaired) electrons. The lowest BCUT2D eigenvalue weighted by Gasteiger charge is -2.33. The van der Waals surface area contributed by atoms with Crippen molar-refractivity contribution < 1.29 is 18.1 Å². The normalized spacial score (nSPS) is 15.8. The highest BCUT2D eigenvalue weighted by molar-refractivity contribution is 9.10. The third-order valence-corrected chi connectivity index (χ3v) is 7.35. The molecule has 12 heteroatoms. The number of nitrogens with zero attached hydrogens (tertiary/aromatic N) is 4. The van der Waals surface area contributed by atoms with E-state index in [2.05, 4.69) is 26.5 Å². The third kappa shape index (κ3) is 6.78. The number of carbonyl (C=O) groups excluding carboxylic acids is 1. The van der Waals surface area contributed by atoms with Crippen LogP contribution in [-0.4, -0.2) is 67.4 Å². The number of carbonyl (C=O) groups is 1. The Labute approximate surface area is 199 Å². The van der Waals surface area contributed by atoms with Gasteiger partial charge >= 0.3 is 0 Å². The standard InChI is InChI=1S/C21H22BrN5O5S/c22-18-7-9-19(10-8-18)33(31,32)26-14-12-25(13-15-26)16-21(28)24-23-11-3-5-17-4-1-2-6-20(17)27(29)30/h1-11H,12-16H2,(H,24,28)/b5-3+,23-11+. The van der Waals surface area contributed by atoms with Crippen LogP contribution in [0.2, 0.25) is 0 Å². The molecule has 0 bridgehead atoms. The maximum Gasteiger partial charge on any atom is 0.276 e. The van der Waals surface area contributed by atoms with Gasteiger partial charge in [0.15, 0.2) is 0 Å². The fraction of sp³-hybridized carbons (Fsp3) is 0.238. The summed E-state index contributed by atoms with van der Waals surface area (Å²) in [5.74, 6) is -0.338. The van der Waals surface area contributed by atoms with Gasteiger partial charge < -0.3 is 0 Å². The van der Waals surface area contributed by atoms with E-state index in [0.29, 0.717) is 18.7 Å². The van der Waals surface area contributed by atoms with Crippen LogP contribution in [0.1, 0.15) is 5.56 Å².